The first-order valence-corrected chi connectivity index (χ1v) is 19.0. The lowest BCUT2D eigenvalue weighted by molar-refractivity contribution is -0.142. The van der Waals surface area contributed by atoms with Crippen LogP contribution in [0.3, 0.4) is 0 Å². The normalized spacial score (nSPS) is 34.9. The number of hydrogen-bond donors (Lipinski definition) is 4. The molecule has 0 radical (unpaired) electrons. The minimum atomic E-state index is -1.48. The van der Waals surface area contributed by atoms with Gasteiger partial charge in [-0.2, -0.15) is 0 Å². The van der Waals surface area contributed by atoms with E-state index in [0.29, 0.717) is 44.2 Å². The molecule has 4 rings (SSSR count). The number of carbonyl (C=O) groups is 2. The zero-order valence-corrected chi connectivity index (χ0v) is 31.3. The predicted octanol–water partition coefficient (Wildman–Crippen LogP) is 5.01. The molecular weight excluding hydrogens is 640 g/mol. The van der Waals surface area contributed by atoms with Gasteiger partial charge in [0.25, 0.3) is 0 Å². The third-order valence-electron chi connectivity index (χ3n) is 11.2. The van der Waals surface area contributed by atoms with Gasteiger partial charge in [0.15, 0.2) is 6.10 Å². The van der Waals surface area contributed by atoms with Gasteiger partial charge >= 0.3 is 12.1 Å². The van der Waals surface area contributed by atoms with Crippen molar-refractivity contribution in [2.24, 2.45) is 11.8 Å². The molecule has 0 spiro atoms. The minimum absolute atomic E-state index is 0.00559. The van der Waals surface area contributed by atoms with Crippen LogP contribution < -0.4 is 0 Å². The molecule has 3 heterocycles. The van der Waals surface area contributed by atoms with E-state index in [1.54, 1.807) is 37.0 Å². The molecule has 11 heteroatoms. The number of nitrogens with zero attached hydrogens (tertiary/aromatic N) is 2. The molecule has 11 nitrogen and oxygen atoms in total. The fraction of sp³-hybridized carbons (Fsp3) is 0.795. The molecule has 9 atom stereocenters. The van der Waals surface area contributed by atoms with Gasteiger partial charge in [0.2, 0.25) is 0 Å². The van der Waals surface area contributed by atoms with Gasteiger partial charge in [-0.15, -0.1) is 0 Å². The summed E-state index contributed by atoms with van der Waals surface area (Å²) in [4.78, 5) is 30.6. The number of amides is 1. The van der Waals surface area contributed by atoms with Crippen molar-refractivity contribution in [3.05, 3.63) is 35.6 Å². The maximum atomic E-state index is 13.5. The van der Waals surface area contributed by atoms with Crippen molar-refractivity contribution in [1.82, 2.24) is 9.80 Å². The van der Waals surface area contributed by atoms with Gasteiger partial charge in [-0.3, -0.25) is 9.69 Å². The quantitative estimate of drug-likeness (QED) is 0.139. The minimum Gasteiger partial charge on any atom is -0.439 e. The highest BCUT2D eigenvalue weighted by molar-refractivity contribution is 5.71. The molecule has 3 aliphatic heterocycles. The molecule has 9 unspecified atom stereocenters. The van der Waals surface area contributed by atoms with Crippen LogP contribution in [0.15, 0.2) is 35.6 Å². The van der Waals surface area contributed by atoms with Crippen molar-refractivity contribution in [3.63, 3.8) is 0 Å². The molecule has 1 saturated carbocycles. The van der Waals surface area contributed by atoms with Crippen LogP contribution in [0.1, 0.15) is 112 Å². The Kier molecular flexibility index (Phi) is 14.6. The maximum Gasteiger partial charge on any atom is 0.410 e. The van der Waals surface area contributed by atoms with Crippen LogP contribution in [0.25, 0.3) is 0 Å². The molecule has 0 bridgehead atoms. The fourth-order valence-electron chi connectivity index (χ4n) is 7.73. The largest absolute Gasteiger partial charge is 0.439 e. The Labute approximate surface area is 299 Å². The standard InChI is InChI=1S/C39H64N2O9/c1-7-31(43)28(4)36-32(48-36)25-38(5,46)18-10-12-26(2)35-27(3)15-16-33(39(6,47)19-17-30(42)24-34(44)50-35)49-37(45)41-21-11-20-40(22-23-41)29-13-8-9-14-29/h10,15-16,18,27-33,36,42-43,46-47H,7-9,11-14,17,19-25H2,1-6H3/b16-15-,18-10+,35-26+. The lowest BCUT2D eigenvalue weighted by Crippen LogP contribution is -2.46. The summed E-state index contributed by atoms with van der Waals surface area (Å²) in [5, 5.41) is 43.4. The van der Waals surface area contributed by atoms with Crippen LogP contribution in [0.5, 0.6) is 0 Å². The van der Waals surface area contributed by atoms with Crippen LogP contribution in [-0.4, -0.2) is 116 Å². The summed E-state index contributed by atoms with van der Waals surface area (Å²) in [6, 6.07) is 0.595. The number of cyclic esters (lactones) is 1. The van der Waals surface area contributed by atoms with Crippen LogP contribution in [0.4, 0.5) is 4.79 Å². The highest BCUT2D eigenvalue weighted by atomic mass is 16.6. The van der Waals surface area contributed by atoms with E-state index >= 15 is 0 Å². The third kappa shape index (κ3) is 11.6. The maximum absolute atomic E-state index is 13.5. The Bertz CT molecular complexity index is 1220. The van der Waals surface area contributed by atoms with Gasteiger partial charge in [-0.05, 0) is 77.4 Å². The first kappa shape index (κ1) is 40.5. The van der Waals surface area contributed by atoms with Gasteiger partial charge < -0.3 is 39.5 Å². The molecule has 0 aromatic heterocycles. The summed E-state index contributed by atoms with van der Waals surface area (Å²) in [6.07, 6.45) is 11.1. The Balaban J connectivity index is 1.44. The summed E-state index contributed by atoms with van der Waals surface area (Å²) in [7, 11) is 0. The number of ether oxygens (including phenoxy) is 3. The number of epoxide rings is 1. The highest BCUT2D eigenvalue weighted by Crippen LogP contribution is 2.38. The van der Waals surface area contributed by atoms with E-state index in [1.807, 2.05) is 33.8 Å². The van der Waals surface area contributed by atoms with Crippen LogP contribution >= 0.6 is 0 Å². The van der Waals surface area contributed by atoms with Crippen molar-refractivity contribution in [2.45, 2.75) is 160 Å². The second-order valence-electron chi connectivity index (χ2n) is 15.8. The molecular formula is C39H64N2O9. The molecule has 1 amide bonds. The number of rotatable bonds is 10. The fourth-order valence-corrected chi connectivity index (χ4v) is 7.73. The zero-order valence-electron chi connectivity index (χ0n) is 31.3. The lowest BCUT2D eigenvalue weighted by Gasteiger charge is -2.33. The van der Waals surface area contributed by atoms with Gasteiger partial charge in [0.05, 0.1) is 36.4 Å². The second-order valence-corrected chi connectivity index (χ2v) is 15.8. The topological polar surface area (TPSA) is 153 Å². The number of esters is 1. The summed E-state index contributed by atoms with van der Waals surface area (Å²) < 4.78 is 17.6. The molecule has 1 aliphatic carbocycles. The van der Waals surface area contributed by atoms with E-state index in [9.17, 15) is 30.0 Å². The lowest BCUT2D eigenvalue weighted by atomic mass is 9.89. The molecule has 0 aromatic rings. The van der Waals surface area contributed by atoms with E-state index in [1.165, 1.54) is 25.7 Å². The average Bonchev–Trinajstić information content (AvgIpc) is 3.68. The van der Waals surface area contributed by atoms with Gasteiger partial charge in [-0.25, -0.2) is 4.79 Å². The van der Waals surface area contributed by atoms with Crippen molar-refractivity contribution in [2.75, 3.05) is 26.2 Å². The SMILES string of the molecule is CCC(O)C(C)C1OC1CC(C)(O)/C=C/C/C(C)=C1/OC(=O)CC(O)CCC(C)(O)C(OC(=O)N2CCCN(C3CCCC3)CC2)/C=C\C1C. The highest BCUT2D eigenvalue weighted by Gasteiger charge is 2.47. The van der Waals surface area contributed by atoms with Gasteiger partial charge in [-0.1, -0.05) is 51.8 Å². The van der Waals surface area contributed by atoms with Crippen molar-refractivity contribution >= 4 is 12.1 Å². The Hall–Kier alpha value is -2.28. The average molecular weight is 705 g/mol. The van der Waals surface area contributed by atoms with Crippen LogP contribution in [0, 0.1) is 11.8 Å². The van der Waals surface area contributed by atoms with Gasteiger partial charge in [0.1, 0.15) is 11.4 Å². The molecule has 284 valence electrons. The van der Waals surface area contributed by atoms with Gasteiger partial charge in [0, 0.05) is 50.5 Å². The van der Waals surface area contributed by atoms with Crippen molar-refractivity contribution in [3.8, 4) is 0 Å². The van der Waals surface area contributed by atoms with E-state index in [-0.39, 0.29) is 37.4 Å². The van der Waals surface area contributed by atoms with E-state index in [4.69, 9.17) is 14.2 Å². The molecule has 3 fully saturated rings. The van der Waals surface area contributed by atoms with E-state index < -0.39 is 47.5 Å². The molecule has 50 heavy (non-hydrogen) atoms. The smallest absolute Gasteiger partial charge is 0.410 e. The van der Waals surface area contributed by atoms with Crippen LogP contribution in [0.2, 0.25) is 0 Å². The number of aliphatic hydroxyl groups excluding tert-OH is 2. The van der Waals surface area contributed by atoms with E-state index in [0.717, 1.165) is 25.1 Å². The van der Waals surface area contributed by atoms with E-state index in [2.05, 4.69) is 4.90 Å². The Morgan fingerprint density at radius 2 is 1.88 bits per heavy atom. The second kappa shape index (κ2) is 18.0. The van der Waals surface area contributed by atoms with Crippen molar-refractivity contribution in [1.29, 1.82) is 0 Å². The zero-order chi connectivity index (χ0) is 36.6. The first-order chi connectivity index (χ1) is 23.6. The summed E-state index contributed by atoms with van der Waals surface area (Å²) >= 11 is 0. The monoisotopic (exact) mass is 704 g/mol. The molecule has 4 aliphatic rings. The molecule has 4 N–H and O–H groups in total. The summed E-state index contributed by atoms with van der Waals surface area (Å²) in [5.74, 6) is -0.597. The Morgan fingerprint density at radius 3 is 2.58 bits per heavy atom. The first-order valence-electron chi connectivity index (χ1n) is 19.0. The summed E-state index contributed by atoms with van der Waals surface area (Å²) in [6.45, 7) is 13.9. The predicted molar refractivity (Wildman–Crippen MR) is 191 cm³/mol. The number of carbonyl (C=O) groups excluding carboxylic acids is 2. The third-order valence-corrected chi connectivity index (χ3v) is 11.2. The van der Waals surface area contributed by atoms with Crippen LogP contribution in [-0.2, 0) is 19.0 Å². The number of hydrogen-bond acceptors (Lipinski definition) is 10. The molecule has 0 aromatic carbocycles. The van der Waals surface area contributed by atoms with Crippen molar-refractivity contribution < 1.29 is 44.2 Å². The summed E-state index contributed by atoms with van der Waals surface area (Å²) in [5.41, 5.74) is -1.86. The Morgan fingerprint density at radius 1 is 1.16 bits per heavy atom. The number of aliphatic hydroxyl groups is 4. The molecule has 2 saturated heterocycles. The number of allylic oxidation sites excluding steroid dienone is 3.